The molecule has 0 spiro atoms. The number of ether oxygens (including phenoxy) is 1. The molecular formula is C34H40F2N2O5. The number of benzene rings is 3. The number of aliphatic carboxylic acids is 1. The fourth-order valence-corrected chi connectivity index (χ4v) is 5.62. The molecule has 0 aromatic heterocycles. The van der Waals surface area contributed by atoms with Crippen LogP contribution in [0.15, 0.2) is 66.7 Å². The van der Waals surface area contributed by atoms with Gasteiger partial charge in [-0.3, -0.25) is 9.69 Å². The summed E-state index contributed by atoms with van der Waals surface area (Å²) >= 11 is 0. The van der Waals surface area contributed by atoms with Crippen LogP contribution in [0.1, 0.15) is 53.6 Å². The lowest BCUT2D eigenvalue weighted by molar-refractivity contribution is -0.137. The van der Waals surface area contributed by atoms with E-state index in [-0.39, 0.29) is 12.0 Å². The van der Waals surface area contributed by atoms with Crippen molar-refractivity contribution in [1.29, 1.82) is 0 Å². The van der Waals surface area contributed by atoms with Crippen molar-refractivity contribution >= 4 is 17.6 Å². The van der Waals surface area contributed by atoms with Gasteiger partial charge in [0, 0.05) is 45.2 Å². The Morgan fingerprint density at radius 1 is 0.884 bits per heavy atom. The van der Waals surface area contributed by atoms with Crippen LogP contribution in [0, 0.1) is 17.6 Å². The number of anilines is 1. The van der Waals surface area contributed by atoms with Crippen LogP contribution >= 0.6 is 0 Å². The van der Waals surface area contributed by atoms with Crippen molar-refractivity contribution in [2.75, 3.05) is 44.2 Å². The molecule has 1 heterocycles. The SMILES string of the molecule is O=C(O)CCCCC(CCc1ccccc1OCCN1CCN(c2ccc(F)cc2F)CC1)Cc1ccc(C(=O)O)cc1. The number of aryl methyl sites for hydroxylation is 1. The van der Waals surface area contributed by atoms with Gasteiger partial charge in [0.15, 0.2) is 0 Å². The number of nitrogens with zero attached hydrogens (tertiary/aromatic N) is 2. The van der Waals surface area contributed by atoms with Crippen molar-refractivity contribution in [2.45, 2.75) is 44.9 Å². The van der Waals surface area contributed by atoms with Crippen LogP contribution in [-0.2, 0) is 17.6 Å². The van der Waals surface area contributed by atoms with Gasteiger partial charge < -0.3 is 19.8 Å². The molecule has 1 unspecified atom stereocenters. The largest absolute Gasteiger partial charge is 0.492 e. The van der Waals surface area contributed by atoms with Crippen molar-refractivity contribution < 1.29 is 33.3 Å². The van der Waals surface area contributed by atoms with E-state index in [0.29, 0.717) is 37.7 Å². The molecule has 43 heavy (non-hydrogen) atoms. The van der Waals surface area contributed by atoms with Gasteiger partial charge in [-0.05, 0) is 73.1 Å². The van der Waals surface area contributed by atoms with E-state index in [9.17, 15) is 23.5 Å². The summed E-state index contributed by atoms with van der Waals surface area (Å²) in [4.78, 5) is 26.4. The quantitative estimate of drug-likeness (QED) is 0.188. The van der Waals surface area contributed by atoms with E-state index < -0.39 is 23.6 Å². The summed E-state index contributed by atoms with van der Waals surface area (Å²) in [6.07, 6.45) is 5.02. The first-order chi connectivity index (χ1) is 20.8. The van der Waals surface area contributed by atoms with E-state index in [1.165, 1.54) is 12.1 Å². The van der Waals surface area contributed by atoms with E-state index in [1.54, 1.807) is 12.1 Å². The van der Waals surface area contributed by atoms with Gasteiger partial charge in [-0.25, -0.2) is 13.6 Å². The Kier molecular flexibility index (Phi) is 11.9. The smallest absolute Gasteiger partial charge is 0.335 e. The zero-order chi connectivity index (χ0) is 30.6. The van der Waals surface area contributed by atoms with Gasteiger partial charge in [0.25, 0.3) is 0 Å². The maximum Gasteiger partial charge on any atom is 0.335 e. The summed E-state index contributed by atoms with van der Waals surface area (Å²) in [7, 11) is 0. The second kappa shape index (κ2) is 16.0. The van der Waals surface area contributed by atoms with Crippen molar-refractivity contribution in [3.63, 3.8) is 0 Å². The molecule has 7 nitrogen and oxygen atoms in total. The van der Waals surface area contributed by atoms with E-state index in [0.717, 1.165) is 74.7 Å². The summed E-state index contributed by atoms with van der Waals surface area (Å²) < 4.78 is 33.7. The molecular weight excluding hydrogens is 554 g/mol. The Labute approximate surface area is 251 Å². The number of unbranched alkanes of at least 4 members (excludes halogenated alkanes) is 1. The number of hydrogen-bond acceptors (Lipinski definition) is 5. The summed E-state index contributed by atoms with van der Waals surface area (Å²) in [6.45, 7) is 4.11. The minimum absolute atomic E-state index is 0.162. The molecule has 0 bridgehead atoms. The van der Waals surface area contributed by atoms with E-state index >= 15 is 0 Å². The first kappa shape index (κ1) is 31.9. The van der Waals surface area contributed by atoms with Crippen LogP contribution in [-0.4, -0.2) is 66.4 Å². The molecule has 0 saturated carbocycles. The van der Waals surface area contributed by atoms with Gasteiger partial charge >= 0.3 is 11.9 Å². The maximum absolute atomic E-state index is 14.2. The van der Waals surface area contributed by atoms with Crippen LogP contribution in [0.25, 0.3) is 0 Å². The summed E-state index contributed by atoms with van der Waals surface area (Å²) in [5.74, 6) is -1.67. The summed E-state index contributed by atoms with van der Waals surface area (Å²) in [5, 5.41) is 18.2. The lowest BCUT2D eigenvalue weighted by atomic mass is 9.88. The number of halogens is 2. The highest BCUT2D eigenvalue weighted by Crippen LogP contribution is 2.26. The van der Waals surface area contributed by atoms with Gasteiger partial charge in [-0.2, -0.15) is 0 Å². The Balaban J connectivity index is 1.28. The fraction of sp³-hybridized carbons (Fsp3) is 0.412. The number of piperazine rings is 1. The number of aromatic carboxylic acids is 1. The third-order valence-corrected chi connectivity index (χ3v) is 8.06. The third-order valence-electron chi connectivity index (χ3n) is 8.06. The molecule has 230 valence electrons. The zero-order valence-electron chi connectivity index (χ0n) is 24.4. The predicted octanol–water partition coefficient (Wildman–Crippen LogP) is 6.30. The fourth-order valence-electron chi connectivity index (χ4n) is 5.62. The molecule has 1 aliphatic heterocycles. The second-order valence-electron chi connectivity index (χ2n) is 11.1. The van der Waals surface area contributed by atoms with E-state index in [2.05, 4.69) is 11.0 Å². The Morgan fingerprint density at radius 2 is 1.63 bits per heavy atom. The van der Waals surface area contributed by atoms with Gasteiger partial charge in [-0.1, -0.05) is 43.2 Å². The highest BCUT2D eigenvalue weighted by molar-refractivity contribution is 5.87. The van der Waals surface area contributed by atoms with Crippen LogP contribution < -0.4 is 9.64 Å². The summed E-state index contributed by atoms with van der Waals surface area (Å²) in [6, 6.07) is 18.7. The van der Waals surface area contributed by atoms with E-state index in [1.807, 2.05) is 35.2 Å². The standard InChI is InChI=1S/C34H40F2N2O5/c35-29-15-16-31(30(36)24-29)38-19-17-37(18-20-38)21-22-43-32-7-3-2-6-27(32)12-9-25(5-1-4-8-33(39)40)23-26-10-13-28(14-11-26)34(41)42/h2-3,6-7,10-11,13-16,24-25H,1,4-5,8-9,12,17-23H2,(H,39,40)(H,41,42). The van der Waals surface area contributed by atoms with Crippen molar-refractivity contribution in [1.82, 2.24) is 4.90 Å². The Hall–Kier alpha value is -3.98. The van der Waals surface area contributed by atoms with Crippen molar-refractivity contribution in [3.05, 3.63) is 95.1 Å². The molecule has 1 saturated heterocycles. The molecule has 9 heteroatoms. The number of carboxylic acids is 2. The van der Waals surface area contributed by atoms with Gasteiger partial charge in [0.1, 0.15) is 24.0 Å². The van der Waals surface area contributed by atoms with Crippen LogP contribution in [0.2, 0.25) is 0 Å². The highest BCUT2D eigenvalue weighted by atomic mass is 19.1. The minimum atomic E-state index is -0.948. The molecule has 1 fully saturated rings. The van der Waals surface area contributed by atoms with Crippen molar-refractivity contribution in [2.24, 2.45) is 5.92 Å². The second-order valence-corrected chi connectivity index (χ2v) is 11.1. The monoisotopic (exact) mass is 594 g/mol. The average molecular weight is 595 g/mol. The lowest BCUT2D eigenvalue weighted by Crippen LogP contribution is -2.47. The molecule has 4 rings (SSSR count). The molecule has 1 atom stereocenters. The molecule has 3 aromatic carbocycles. The number of rotatable bonds is 16. The molecule has 3 aromatic rings. The first-order valence-corrected chi connectivity index (χ1v) is 15.0. The average Bonchev–Trinajstić information content (AvgIpc) is 2.99. The zero-order valence-corrected chi connectivity index (χ0v) is 24.4. The van der Waals surface area contributed by atoms with Crippen molar-refractivity contribution in [3.8, 4) is 5.75 Å². The first-order valence-electron chi connectivity index (χ1n) is 15.0. The maximum atomic E-state index is 14.2. The minimum Gasteiger partial charge on any atom is -0.492 e. The predicted molar refractivity (Wildman–Crippen MR) is 162 cm³/mol. The number of para-hydroxylation sites is 1. The van der Waals surface area contributed by atoms with Gasteiger partial charge in [-0.15, -0.1) is 0 Å². The van der Waals surface area contributed by atoms with Crippen LogP contribution in [0.5, 0.6) is 5.75 Å². The number of carboxylic acid groups (broad SMARTS) is 2. The topological polar surface area (TPSA) is 90.3 Å². The molecule has 1 aliphatic rings. The van der Waals surface area contributed by atoms with Gasteiger partial charge in [0.2, 0.25) is 0 Å². The van der Waals surface area contributed by atoms with Crippen LogP contribution in [0.4, 0.5) is 14.5 Å². The van der Waals surface area contributed by atoms with E-state index in [4.69, 9.17) is 9.84 Å². The molecule has 0 aliphatic carbocycles. The summed E-state index contributed by atoms with van der Waals surface area (Å²) in [5.41, 5.74) is 2.89. The lowest BCUT2D eigenvalue weighted by Gasteiger charge is -2.36. The normalized spacial score (nSPS) is 14.4. The Morgan fingerprint density at radius 3 is 2.33 bits per heavy atom. The Bertz CT molecular complexity index is 1340. The van der Waals surface area contributed by atoms with Crippen LogP contribution in [0.3, 0.4) is 0 Å². The molecule has 0 amide bonds. The molecule has 0 radical (unpaired) electrons. The van der Waals surface area contributed by atoms with Gasteiger partial charge in [0.05, 0.1) is 11.3 Å². The number of hydrogen-bond donors (Lipinski definition) is 2. The number of carbonyl (C=O) groups is 2. The third kappa shape index (κ3) is 10.1. The molecule has 2 N–H and O–H groups in total. The highest BCUT2D eigenvalue weighted by Gasteiger charge is 2.20.